The summed E-state index contributed by atoms with van der Waals surface area (Å²) in [6.07, 6.45) is 7.30. The van der Waals surface area contributed by atoms with Crippen molar-refractivity contribution in [1.29, 1.82) is 5.26 Å². The molecule has 1 aromatic rings. The third-order valence-corrected chi connectivity index (χ3v) is 3.85. The van der Waals surface area contributed by atoms with E-state index >= 15 is 0 Å². The Bertz CT molecular complexity index is 478. The van der Waals surface area contributed by atoms with Gasteiger partial charge in [-0.05, 0) is 24.1 Å². The molecule has 108 valence electrons. The molecule has 0 saturated carbocycles. The highest BCUT2D eigenvalue weighted by atomic mass is 35.5. The molecule has 1 atom stereocenters. The fourth-order valence-corrected chi connectivity index (χ4v) is 2.20. The van der Waals surface area contributed by atoms with Crippen molar-refractivity contribution in [3.8, 4) is 6.07 Å². The summed E-state index contributed by atoms with van der Waals surface area (Å²) in [5.74, 6) is -0.218. The van der Waals surface area contributed by atoms with Gasteiger partial charge in [0.2, 0.25) is 0 Å². The number of aliphatic imine (C=N–C) groups is 1. The van der Waals surface area contributed by atoms with Crippen molar-refractivity contribution in [3.05, 3.63) is 33.8 Å². The molecule has 0 bridgehead atoms. The summed E-state index contributed by atoms with van der Waals surface area (Å²) in [4.78, 5) is 4.36. The predicted molar refractivity (Wildman–Crippen MR) is 86.9 cm³/mol. The first-order chi connectivity index (χ1) is 9.69. The molecule has 0 amide bonds. The lowest BCUT2D eigenvalue weighted by molar-refractivity contribution is 0.675. The normalized spacial score (nSPS) is 12.5. The topological polar surface area (TPSA) is 36.1 Å². The SMILES string of the molecule is CCCCCCN=CCC(C#N)c1ccc(Cl)c(Cl)c1. The van der Waals surface area contributed by atoms with Crippen LogP contribution < -0.4 is 0 Å². The first kappa shape index (κ1) is 17.0. The molecule has 0 spiro atoms. The molecule has 1 unspecified atom stereocenters. The molecule has 0 heterocycles. The second-order valence-electron chi connectivity index (χ2n) is 4.74. The van der Waals surface area contributed by atoms with E-state index in [1.165, 1.54) is 19.3 Å². The minimum atomic E-state index is -0.218. The van der Waals surface area contributed by atoms with Crippen LogP contribution in [-0.4, -0.2) is 12.8 Å². The first-order valence-electron chi connectivity index (χ1n) is 7.01. The van der Waals surface area contributed by atoms with Gasteiger partial charge in [-0.25, -0.2) is 0 Å². The molecule has 0 aliphatic carbocycles. The maximum Gasteiger partial charge on any atom is 0.0762 e. The average Bonchev–Trinajstić information content (AvgIpc) is 2.45. The van der Waals surface area contributed by atoms with Gasteiger partial charge < -0.3 is 0 Å². The van der Waals surface area contributed by atoms with Crippen molar-refractivity contribution in [1.82, 2.24) is 0 Å². The summed E-state index contributed by atoms with van der Waals surface area (Å²) in [7, 11) is 0. The van der Waals surface area contributed by atoms with E-state index in [0.717, 1.165) is 18.5 Å². The van der Waals surface area contributed by atoms with E-state index in [9.17, 15) is 5.26 Å². The van der Waals surface area contributed by atoms with E-state index in [2.05, 4.69) is 18.0 Å². The Labute approximate surface area is 131 Å². The molecular weight excluding hydrogens is 291 g/mol. The monoisotopic (exact) mass is 310 g/mol. The van der Waals surface area contributed by atoms with Crippen LogP contribution in [0.5, 0.6) is 0 Å². The van der Waals surface area contributed by atoms with Crippen molar-refractivity contribution in [2.24, 2.45) is 4.99 Å². The summed E-state index contributed by atoms with van der Waals surface area (Å²) in [6.45, 7) is 3.04. The highest BCUT2D eigenvalue weighted by Crippen LogP contribution is 2.27. The molecule has 0 aromatic heterocycles. The minimum absolute atomic E-state index is 0.218. The molecule has 0 fully saturated rings. The Balaban J connectivity index is 2.45. The highest BCUT2D eigenvalue weighted by molar-refractivity contribution is 6.42. The maximum absolute atomic E-state index is 9.22. The Morgan fingerprint density at radius 2 is 2.05 bits per heavy atom. The predicted octanol–water partition coefficient (Wildman–Crippen LogP) is 5.64. The molecule has 1 aromatic carbocycles. The quantitative estimate of drug-likeness (QED) is 0.452. The van der Waals surface area contributed by atoms with Gasteiger partial charge in [0.25, 0.3) is 0 Å². The van der Waals surface area contributed by atoms with Gasteiger partial charge in [0, 0.05) is 19.2 Å². The van der Waals surface area contributed by atoms with Crippen molar-refractivity contribution in [2.45, 2.75) is 44.9 Å². The van der Waals surface area contributed by atoms with E-state index < -0.39 is 0 Å². The third-order valence-electron chi connectivity index (χ3n) is 3.11. The molecule has 0 N–H and O–H groups in total. The van der Waals surface area contributed by atoms with E-state index in [1.54, 1.807) is 12.1 Å². The maximum atomic E-state index is 9.22. The summed E-state index contributed by atoms with van der Waals surface area (Å²) < 4.78 is 0. The van der Waals surface area contributed by atoms with Crippen LogP contribution in [0.1, 0.15) is 50.5 Å². The Hall–Kier alpha value is -1.04. The number of nitriles is 1. The van der Waals surface area contributed by atoms with Crippen molar-refractivity contribution in [2.75, 3.05) is 6.54 Å². The van der Waals surface area contributed by atoms with Gasteiger partial charge >= 0.3 is 0 Å². The van der Waals surface area contributed by atoms with Crippen molar-refractivity contribution >= 4 is 29.4 Å². The largest absolute Gasteiger partial charge is 0.297 e. The van der Waals surface area contributed by atoms with Crippen LogP contribution in [0.4, 0.5) is 0 Å². The second kappa shape index (κ2) is 9.80. The van der Waals surface area contributed by atoms with Gasteiger partial charge in [0.1, 0.15) is 0 Å². The number of benzene rings is 1. The van der Waals surface area contributed by atoms with E-state index in [-0.39, 0.29) is 5.92 Å². The Kier molecular flexibility index (Phi) is 8.34. The smallest absolute Gasteiger partial charge is 0.0762 e. The van der Waals surface area contributed by atoms with Gasteiger partial charge in [-0.2, -0.15) is 5.26 Å². The van der Waals surface area contributed by atoms with Crippen LogP contribution in [0, 0.1) is 11.3 Å². The summed E-state index contributed by atoms with van der Waals surface area (Å²) in [5, 5.41) is 10.2. The number of hydrogen-bond donors (Lipinski definition) is 0. The average molecular weight is 311 g/mol. The van der Waals surface area contributed by atoms with Gasteiger partial charge in [-0.15, -0.1) is 0 Å². The van der Waals surface area contributed by atoms with Crippen molar-refractivity contribution < 1.29 is 0 Å². The van der Waals surface area contributed by atoms with Gasteiger partial charge in [0.05, 0.1) is 22.0 Å². The number of hydrogen-bond acceptors (Lipinski definition) is 2. The first-order valence-corrected chi connectivity index (χ1v) is 7.77. The number of unbranched alkanes of at least 4 members (excludes halogenated alkanes) is 3. The molecule has 1 rings (SSSR count). The van der Waals surface area contributed by atoms with Crippen LogP contribution in [0.25, 0.3) is 0 Å². The van der Waals surface area contributed by atoms with E-state index in [4.69, 9.17) is 23.2 Å². The Morgan fingerprint density at radius 3 is 2.70 bits per heavy atom. The van der Waals surface area contributed by atoms with Crippen LogP contribution in [-0.2, 0) is 0 Å². The number of rotatable bonds is 8. The Morgan fingerprint density at radius 1 is 1.25 bits per heavy atom. The summed E-state index contributed by atoms with van der Waals surface area (Å²) >= 11 is 11.8. The van der Waals surface area contributed by atoms with Crippen LogP contribution >= 0.6 is 23.2 Å². The number of nitrogens with zero attached hydrogens (tertiary/aromatic N) is 2. The van der Waals surface area contributed by atoms with Crippen LogP contribution in [0.2, 0.25) is 10.0 Å². The fraction of sp³-hybridized carbons (Fsp3) is 0.500. The molecule has 2 nitrogen and oxygen atoms in total. The lowest BCUT2D eigenvalue weighted by Crippen LogP contribution is -1.97. The summed E-state index contributed by atoms with van der Waals surface area (Å²) in [5.41, 5.74) is 0.888. The van der Waals surface area contributed by atoms with Gasteiger partial charge in [-0.3, -0.25) is 4.99 Å². The molecule has 0 aliphatic rings. The molecule has 0 aliphatic heterocycles. The molecule has 0 radical (unpaired) electrons. The van der Waals surface area contributed by atoms with Crippen LogP contribution in [0.15, 0.2) is 23.2 Å². The van der Waals surface area contributed by atoms with Crippen LogP contribution in [0.3, 0.4) is 0 Å². The van der Waals surface area contributed by atoms with Gasteiger partial charge in [-0.1, -0.05) is 55.5 Å². The van der Waals surface area contributed by atoms with E-state index in [1.807, 2.05) is 12.3 Å². The number of halogens is 2. The summed E-state index contributed by atoms with van der Waals surface area (Å²) in [6, 6.07) is 7.61. The zero-order chi connectivity index (χ0) is 14.8. The second-order valence-corrected chi connectivity index (χ2v) is 5.55. The van der Waals surface area contributed by atoms with Gasteiger partial charge in [0.15, 0.2) is 0 Å². The lowest BCUT2D eigenvalue weighted by atomic mass is 9.98. The molecular formula is C16H20Cl2N2. The highest BCUT2D eigenvalue weighted by Gasteiger charge is 2.10. The zero-order valence-corrected chi connectivity index (χ0v) is 13.3. The zero-order valence-electron chi connectivity index (χ0n) is 11.8. The molecule has 4 heteroatoms. The lowest BCUT2D eigenvalue weighted by Gasteiger charge is -2.07. The molecule has 0 saturated heterocycles. The van der Waals surface area contributed by atoms with Crippen molar-refractivity contribution in [3.63, 3.8) is 0 Å². The standard InChI is InChI=1S/C16H20Cl2N2/c1-2-3-4-5-9-20-10-8-14(12-19)13-6-7-15(17)16(18)11-13/h6-7,10-11,14H,2-5,8-9H2,1H3. The van der Waals surface area contributed by atoms with E-state index in [0.29, 0.717) is 16.5 Å². The third kappa shape index (κ3) is 5.94. The molecule has 20 heavy (non-hydrogen) atoms. The fourth-order valence-electron chi connectivity index (χ4n) is 1.89. The minimum Gasteiger partial charge on any atom is -0.297 e.